The molecule has 168 valence electrons. The molecule has 2 atom stereocenters. The number of nitrogens with one attached hydrogen (secondary N) is 2. The van der Waals surface area contributed by atoms with Crippen molar-refractivity contribution in [1.82, 2.24) is 9.97 Å². The maximum atomic E-state index is 14.6. The minimum atomic E-state index is -2.78. The highest BCUT2D eigenvalue weighted by molar-refractivity contribution is 7.90. The number of rotatable bonds is 2. The van der Waals surface area contributed by atoms with Gasteiger partial charge in [-0.3, -0.25) is 4.78 Å². The zero-order chi connectivity index (χ0) is 22.9. The second-order valence-electron chi connectivity index (χ2n) is 7.74. The van der Waals surface area contributed by atoms with Gasteiger partial charge in [-0.05, 0) is 36.8 Å². The van der Waals surface area contributed by atoms with E-state index in [1.807, 2.05) is 6.92 Å². The van der Waals surface area contributed by atoms with Crippen LogP contribution in [0.4, 0.5) is 20.4 Å². The zero-order valence-corrected chi connectivity index (χ0v) is 18.3. The number of anilines is 2. The number of hydrogen-bond donors (Lipinski definition) is 2. The van der Waals surface area contributed by atoms with Crippen LogP contribution in [0.25, 0.3) is 11.3 Å². The molecule has 2 unspecified atom stereocenters. The fraction of sp³-hybridized carbons (Fsp3) is 0.273. The molecule has 0 radical (unpaired) electrons. The first kappa shape index (κ1) is 21.9. The van der Waals surface area contributed by atoms with E-state index in [9.17, 15) is 13.0 Å². The Labute approximate surface area is 184 Å². The van der Waals surface area contributed by atoms with Crippen molar-refractivity contribution in [3.63, 3.8) is 0 Å². The van der Waals surface area contributed by atoms with Crippen molar-refractivity contribution in [1.29, 1.82) is 4.78 Å². The van der Waals surface area contributed by atoms with Crippen LogP contribution in [-0.2, 0) is 15.5 Å². The summed E-state index contributed by atoms with van der Waals surface area (Å²) >= 11 is 0. The molecule has 7 nitrogen and oxygen atoms in total. The predicted octanol–water partition coefficient (Wildman–Crippen LogP) is 4.89. The third-order valence-electron chi connectivity index (χ3n) is 4.73. The second kappa shape index (κ2) is 8.70. The molecule has 10 heteroatoms. The second-order valence-corrected chi connectivity index (χ2v) is 10.0. The van der Waals surface area contributed by atoms with Crippen molar-refractivity contribution >= 4 is 21.4 Å². The van der Waals surface area contributed by atoms with Crippen molar-refractivity contribution in [3.05, 3.63) is 59.8 Å². The summed E-state index contributed by atoms with van der Waals surface area (Å²) in [6.07, 6.45) is 2.61. The number of benzene rings is 2. The minimum absolute atomic E-state index is 0.0297. The van der Waals surface area contributed by atoms with Gasteiger partial charge in [0.05, 0.1) is 24.7 Å². The molecule has 1 aromatic heterocycles. The number of ether oxygens (including phenoxy) is 2. The van der Waals surface area contributed by atoms with Crippen molar-refractivity contribution in [2.75, 3.05) is 18.2 Å². The number of fused-ring (bicyclic) bond motifs is 6. The SMILES string of the molecule is CC1CCOc2cc(F)ccc2-c2nc(ncc2F)Nc2cc(CS(C)(=N)=O)cc(c2)O1. The number of aromatic nitrogens is 2. The van der Waals surface area contributed by atoms with Gasteiger partial charge in [-0.1, -0.05) is 0 Å². The van der Waals surface area contributed by atoms with Crippen molar-refractivity contribution < 1.29 is 22.5 Å². The summed E-state index contributed by atoms with van der Waals surface area (Å²) in [5.41, 5.74) is 1.46. The Bertz CT molecular complexity index is 1270. The van der Waals surface area contributed by atoms with Gasteiger partial charge in [-0.2, -0.15) is 0 Å². The lowest BCUT2D eigenvalue weighted by atomic mass is 10.1. The summed E-state index contributed by atoms with van der Waals surface area (Å²) in [6.45, 7) is 2.07. The molecule has 0 aliphatic carbocycles. The van der Waals surface area contributed by atoms with Crippen LogP contribution in [0.1, 0.15) is 18.9 Å². The van der Waals surface area contributed by atoms with Gasteiger partial charge in [0.1, 0.15) is 23.0 Å². The summed E-state index contributed by atoms with van der Waals surface area (Å²) in [5, 5.41) is 3.01. The quantitative estimate of drug-likeness (QED) is 0.565. The van der Waals surface area contributed by atoms with E-state index in [2.05, 4.69) is 15.3 Å². The Balaban J connectivity index is 1.82. The van der Waals surface area contributed by atoms with E-state index in [4.69, 9.17) is 14.3 Å². The van der Waals surface area contributed by atoms with Crippen LogP contribution < -0.4 is 14.8 Å². The van der Waals surface area contributed by atoms with Gasteiger partial charge >= 0.3 is 0 Å². The fourth-order valence-corrected chi connectivity index (χ4v) is 4.19. The molecule has 0 fully saturated rings. The van der Waals surface area contributed by atoms with E-state index in [0.29, 0.717) is 29.0 Å². The molecule has 0 saturated heterocycles. The van der Waals surface area contributed by atoms with Gasteiger partial charge in [-0.15, -0.1) is 0 Å². The Morgan fingerprint density at radius 1 is 1.25 bits per heavy atom. The van der Waals surface area contributed by atoms with E-state index in [1.54, 1.807) is 18.2 Å². The number of halogens is 2. The van der Waals surface area contributed by atoms with Crippen molar-refractivity contribution in [2.45, 2.75) is 25.2 Å². The van der Waals surface area contributed by atoms with Crippen LogP contribution in [0.15, 0.2) is 42.6 Å². The Morgan fingerprint density at radius 2 is 2.06 bits per heavy atom. The predicted molar refractivity (Wildman–Crippen MR) is 118 cm³/mol. The first-order valence-corrected chi connectivity index (χ1v) is 12.0. The highest BCUT2D eigenvalue weighted by atomic mass is 32.2. The summed E-state index contributed by atoms with van der Waals surface area (Å²) in [5.74, 6) is -0.353. The van der Waals surface area contributed by atoms with E-state index < -0.39 is 21.4 Å². The van der Waals surface area contributed by atoms with Gasteiger partial charge in [0, 0.05) is 45.8 Å². The normalized spacial score (nSPS) is 17.6. The molecular formula is C22H22F2N4O3S. The average molecular weight is 461 g/mol. The van der Waals surface area contributed by atoms with Crippen molar-refractivity contribution in [2.24, 2.45) is 0 Å². The van der Waals surface area contributed by atoms with E-state index in [1.165, 1.54) is 24.5 Å². The van der Waals surface area contributed by atoms with Crippen LogP contribution in [-0.4, -0.2) is 33.1 Å². The molecule has 4 rings (SSSR count). The van der Waals surface area contributed by atoms with E-state index in [-0.39, 0.29) is 35.9 Å². The highest BCUT2D eigenvalue weighted by Crippen LogP contribution is 2.33. The molecular weight excluding hydrogens is 438 g/mol. The minimum Gasteiger partial charge on any atom is -0.493 e. The summed E-state index contributed by atoms with van der Waals surface area (Å²) in [4.78, 5) is 8.26. The van der Waals surface area contributed by atoms with Gasteiger partial charge in [0.15, 0.2) is 5.82 Å². The van der Waals surface area contributed by atoms with Crippen molar-refractivity contribution in [3.8, 4) is 22.8 Å². The molecule has 0 amide bonds. The van der Waals surface area contributed by atoms with Crippen LogP contribution in [0, 0.1) is 16.4 Å². The highest BCUT2D eigenvalue weighted by Gasteiger charge is 2.18. The molecule has 1 aliphatic heterocycles. The van der Waals surface area contributed by atoms with Crippen LogP contribution >= 0.6 is 0 Å². The van der Waals surface area contributed by atoms with E-state index >= 15 is 0 Å². The first-order valence-electron chi connectivity index (χ1n) is 9.91. The van der Waals surface area contributed by atoms with Crippen LogP contribution in [0.5, 0.6) is 11.5 Å². The lowest BCUT2D eigenvalue weighted by Crippen LogP contribution is -2.16. The van der Waals surface area contributed by atoms with Crippen LogP contribution in [0.2, 0.25) is 0 Å². The van der Waals surface area contributed by atoms with Gasteiger partial charge in [0.2, 0.25) is 5.95 Å². The number of nitrogens with zero attached hydrogens (tertiary/aromatic N) is 2. The fourth-order valence-electron chi connectivity index (χ4n) is 3.38. The Hall–Kier alpha value is -3.27. The lowest BCUT2D eigenvalue weighted by molar-refractivity contribution is 0.177. The standard InChI is InChI=1S/C22H22F2N4O3S/c1-13-5-6-30-20-9-15(23)3-4-18(20)21-19(24)11-26-22(28-21)27-16-7-14(12-32(2,25)29)8-17(10-16)31-13/h3-4,7-11,13,25H,5-6,12H2,1-2H3,(H,26,27,28). The third-order valence-corrected chi connectivity index (χ3v) is 5.61. The molecule has 2 N–H and O–H groups in total. The maximum Gasteiger partial charge on any atom is 0.227 e. The summed E-state index contributed by atoms with van der Waals surface area (Å²) < 4.78 is 60.0. The van der Waals surface area contributed by atoms with E-state index in [0.717, 1.165) is 6.20 Å². The topological polar surface area (TPSA) is 97.2 Å². The molecule has 1 aliphatic rings. The average Bonchev–Trinajstić information content (AvgIpc) is 2.68. The first-order chi connectivity index (χ1) is 15.2. The molecule has 2 aromatic carbocycles. The van der Waals surface area contributed by atoms with Gasteiger partial charge < -0.3 is 14.8 Å². The molecule has 3 aromatic rings. The zero-order valence-electron chi connectivity index (χ0n) is 17.5. The molecule has 2 heterocycles. The molecule has 0 saturated carbocycles. The molecule has 32 heavy (non-hydrogen) atoms. The summed E-state index contributed by atoms with van der Waals surface area (Å²) in [7, 11) is -2.78. The largest absolute Gasteiger partial charge is 0.493 e. The number of hydrogen-bond acceptors (Lipinski definition) is 7. The smallest absolute Gasteiger partial charge is 0.227 e. The molecule has 4 bridgehead atoms. The molecule has 0 spiro atoms. The van der Waals surface area contributed by atoms with Gasteiger partial charge in [0.25, 0.3) is 0 Å². The Kier molecular flexibility index (Phi) is 5.96. The third kappa shape index (κ3) is 5.31. The maximum absolute atomic E-state index is 14.6. The lowest BCUT2D eigenvalue weighted by Gasteiger charge is -2.19. The van der Waals surface area contributed by atoms with Gasteiger partial charge in [-0.25, -0.2) is 23.0 Å². The summed E-state index contributed by atoms with van der Waals surface area (Å²) in [6, 6.07) is 9.00. The van der Waals surface area contributed by atoms with Crippen LogP contribution in [0.3, 0.4) is 0 Å². The Morgan fingerprint density at radius 3 is 2.84 bits per heavy atom. The monoisotopic (exact) mass is 460 g/mol.